The first-order valence-electron chi connectivity index (χ1n) is 6.49. The zero-order valence-electron chi connectivity index (χ0n) is 11.4. The largest absolute Gasteiger partial charge is 0.377 e. The van der Waals surface area contributed by atoms with Crippen molar-refractivity contribution in [3.8, 4) is 0 Å². The molecule has 0 saturated carbocycles. The topological polar surface area (TPSA) is 12.0 Å². The van der Waals surface area contributed by atoms with E-state index < -0.39 is 0 Å². The van der Waals surface area contributed by atoms with Gasteiger partial charge in [0.2, 0.25) is 0 Å². The molecule has 0 aliphatic heterocycles. The first-order valence-corrected chi connectivity index (χ1v) is 7.25. The average Bonchev–Trinajstić information content (AvgIpc) is 2.42. The van der Waals surface area contributed by atoms with Crippen LogP contribution in [0, 0.1) is 12.7 Å². The van der Waals surface area contributed by atoms with Crippen LogP contribution in [0.3, 0.4) is 0 Å². The maximum Gasteiger partial charge on any atom is 0.128 e. The summed E-state index contributed by atoms with van der Waals surface area (Å²) in [6, 6.07) is 10.2. The lowest BCUT2D eigenvalue weighted by Crippen LogP contribution is -2.11. The molecule has 0 aliphatic rings. The number of anilines is 1. The molecule has 0 aliphatic carbocycles. The van der Waals surface area contributed by atoms with Gasteiger partial charge in [0, 0.05) is 10.6 Å². The summed E-state index contributed by atoms with van der Waals surface area (Å²) in [6.07, 6.45) is 0.739. The fourth-order valence-electron chi connectivity index (χ4n) is 2.10. The molecule has 106 valence electrons. The number of hydrogen-bond acceptors (Lipinski definition) is 1. The van der Waals surface area contributed by atoms with Crippen LogP contribution in [-0.2, 0) is 0 Å². The number of halogens is 3. The van der Waals surface area contributed by atoms with Gasteiger partial charge in [-0.1, -0.05) is 48.3 Å². The summed E-state index contributed by atoms with van der Waals surface area (Å²) < 4.78 is 13.9. The first kappa shape index (κ1) is 15.1. The third-order valence-electron chi connectivity index (χ3n) is 3.27. The van der Waals surface area contributed by atoms with Crippen molar-refractivity contribution < 1.29 is 4.39 Å². The maximum atomic E-state index is 13.9. The minimum atomic E-state index is -0.221. The Morgan fingerprint density at radius 1 is 1.15 bits per heavy atom. The quantitative estimate of drug-likeness (QED) is 0.729. The Labute approximate surface area is 128 Å². The van der Waals surface area contributed by atoms with Crippen LogP contribution >= 0.6 is 23.2 Å². The molecule has 1 atom stereocenters. The van der Waals surface area contributed by atoms with E-state index >= 15 is 0 Å². The average molecular weight is 312 g/mol. The summed E-state index contributed by atoms with van der Waals surface area (Å²) >= 11 is 12.3. The van der Waals surface area contributed by atoms with Crippen molar-refractivity contribution in [2.75, 3.05) is 5.32 Å². The van der Waals surface area contributed by atoms with E-state index in [0.29, 0.717) is 15.6 Å². The maximum absolute atomic E-state index is 13.9. The standard InChI is InChI=1S/C16H16Cl2FN/c1-3-15(11-6-4-5-7-14(11)19)20-16-9-12(17)10(2)8-13(16)18/h4-9,15,20H,3H2,1-2H3. The van der Waals surface area contributed by atoms with Crippen molar-refractivity contribution in [3.63, 3.8) is 0 Å². The molecular formula is C16H16Cl2FN. The SMILES string of the molecule is CCC(Nc1cc(Cl)c(C)cc1Cl)c1ccccc1F. The molecule has 1 nitrogen and oxygen atoms in total. The fourth-order valence-corrected chi connectivity index (χ4v) is 2.54. The van der Waals surface area contributed by atoms with Gasteiger partial charge in [0.05, 0.1) is 16.8 Å². The third-order valence-corrected chi connectivity index (χ3v) is 3.99. The summed E-state index contributed by atoms with van der Waals surface area (Å²) in [4.78, 5) is 0. The molecule has 0 saturated heterocycles. The second-order valence-corrected chi connectivity index (χ2v) is 5.52. The van der Waals surface area contributed by atoms with E-state index in [4.69, 9.17) is 23.2 Å². The van der Waals surface area contributed by atoms with Crippen molar-refractivity contribution in [2.24, 2.45) is 0 Å². The lowest BCUT2D eigenvalue weighted by Gasteiger charge is -2.20. The van der Waals surface area contributed by atoms with Gasteiger partial charge in [-0.15, -0.1) is 0 Å². The number of nitrogens with one attached hydrogen (secondary N) is 1. The van der Waals surface area contributed by atoms with E-state index in [2.05, 4.69) is 5.32 Å². The molecule has 2 aromatic rings. The smallest absolute Gasteiger partial charge is 0.128 e. The lowest BCUT2D eigenvalue weighted by molar-refractivity contribution is 0.587. The van der Waals surface area contributed by atoms with Crippen LogP contribution < -0.4 is 5.32 Å². The van der Waals surface area contributed by atoms with Crippen molar-refractivity contribution in [1.29, 1.82) is 0 Å². The van der Waals surface area contributed by atoms with Crippen molar-refractivity contribution in [1.82, 2.24) is 0 Å². The molecule has 2 rings (SSSR count). The van der Waals surface area contributed by atoms with Crippen molar-refractivity contribution in [3.05, 3.63) is 63.4 Å². The lowest BCUT2D eigenvalue weighted by atomic mass is 10.0. The predicted octanol–water partition coefficient (Wildman–Crippen LogP) is 6.00. The van der Waals surface area contributed by atoms with Crippen LogP contribution in [0.25, 0.3) is 0 Å². The molecule has 0 heterocycles. The molecule has 1 unspecified atom stereocenters. The highest BCUT2D eigenvalue weighted by Gasteiger charge is 2.15. The molecule has 0 aromatic heterocycles. The number of benzene rings is 2. The monoisotopic (exact) mass is 311 g/mol. The van der Waals surface area contributed by atoms with Crippen LogP contribution in [0.1, 0.15) is 30.5 Å². The van der Waals surface area contributed by atoms with Gasteiger partial charge in [-0.3, -0.25) is 0 Å². The van der Waals surface area contributed by atoms with Gasteiger partial charge in [0.15, 0.2) is 0 Å². The number of rotatable bonds is 4. The Morgan fingerprint density at radius 2 is 1.85 bits per heavy atom. The minimum absolute atomic E-state index is 0.146. The predicted molar refractivity (Wildman–Crippen MR) is 84.3 cm³/mol. The molecular weight excluding hydrogens is 296 g/mol. The molecule has 0 bridgehead atoms. The van der Waals surface area contributed by atoms with E-state index in [0.717, 1.165) is 17.7 Å². The zero-order valence-corrected chi connectivity index (χ0v) is 12.9. The van der Waals surface area contributed by atoms with E-state index in [1.165, 1.54) is 6.07 Å². The zero-order chi connectivity index (χ0) is 14.7. The van der Waals surface area contributed by atoms with Gasteiger partial charge in [-0.05, 0) is 37.1 Å². The van der Waals surface area contributed by atoms with Gasteiger partial charge in [0.25, 0.3) is 0 Å². The van der Waals surface area contributed by atoms with Crippen LogP contribution in [0.15, 0.2) is 36.4 Å². The summed E-state index contributed by atoms with van der Waals surface area (Å²) in [5, 5.41) is 4.49. The second kappa shape index (κ2) is 6.47. The Balaban J connectivity index is 2.32. The van der Waals surface area contributed by atoms with Crippen LogP contribution in [0.4, 0.5) is 10.1 Å². The van der Waals surface area contributed by atoms with Gasteiger partial charge in [-0.25, -0.2) is 4.39 Å². The summed E-state index contributed by atoms with van der Waals surface area (Å²) in [5.74, 6) is -0.221. The van der Waals surface area contributed by atoms with E-state index in [1.807, 2.05) is 19.9 Å². The van der Waals surface area contributed by atoms with Crippen LogP contribution in [0.5, 0.6) is 0 Å². The fraction of sp³-hybridized carbons (Fsp3) is 0.250. The van der Waals surface area contributed by atoms with E-state index in [9.17, 15) is 4.39 Å². The van der Waals surface area contributed by atoms with Crippen LogP contribution in [0.2, 0.25) is 10.0 Å². The highest BCUT2D eigenvalue weighted by Crippen LogP contribution is 2.32. The summed E-state index contributed by atoms with van der Waals surface area (Å²) in [5.41, 5.74) is 2.27. The van der Waals surface area contributed by atoms with Gasteiger partial charge < -0.3 is 5.32 Å². The Hall–Kier alpha value is -1.25. The molecule has 0 fully saturated rings. The molecule has 20 heavy (non-hydrogen) atoms. The highest BCUT2D eigenvalue weighted by molar-refractivity contribution is 6.35. The molecule has 4 heteroatoms. The molecule has 1 N–H and O–H groups in total. The van der Waals surface area contributed by atoms with Gasteiger partial charge in [0.1, 0.15) is 5.82 Å². The number of aryl methyl sites for hydroxylation is 1. The van der Waals surface area contributed by atoms with E-state index in [-0.39, 0.29) is 11.9 Å². The van der Waals surface area contributed by atoms with Crippen LogP contribution in [-0.4, -0.2) is 0 Å². The van der Waals surface area contributed by atoms with Crippen molar-refractivity contribution >= 4 is 28.9 Å². The molecule has 0 radical (unpaired) electrons. The summed E-state index contributed by atoms with van der Waals surface area (Å²) in [6.45, 7) is 3.89. The molecule has 0 amide bonds. The second-order valence-electron chi connectivity index (χ2n) is 4.71. The molecule has 2 aromatic carbocycles. The molecule has 0 spiro atoms. The van der Waals surface area contributed by atoms with Crippen molar-refractivity contribution in [2.45, 2.75) is 26.3 Å². The Morgan fingerprint density at radius 3 is 2.50 bits per heavy atom. The van der Waals surface area contributed by atoms with Gasteiger partial charge in [-0.2, -0.15) is 0 Å². The third kappa shape index (κ3) is 3.25. The van der Waals surface area contributed by atoms with Gasteiger partial charge >= 0.3 is 0 Å². The highest BCUT2D eigenvalue weighted by atomic mass is 35.5. The Kier molecular flexibility index (Phi) is 4.90. The summed E-state index contributed by atoms with van der Waals surface area (Å²) in [7, 11) is 0. The minimum Gasteiger partial charge on any atom is -0.377 e. The normalized spacial score (nSPS) is 12.2. The first-order chi connectivity index (χ1) is 9.52. The number of hydrogen-bond donors (Lipinski definition) is 1. The van der Waals surface area contributed by atoms with E-state index in [1.54, 1.807) is 24.3 Å². The Bertz CT molecular complexity index is 613.